The van der Waals surface area contributed by atoms with Gasteiger partial charge >= 0.3 is 0 Å². The highest BCUT2D eigenvalue weighted by Crippen LogP contribution is 2.26. The van der Waals surface area contributed by atoms with E-state index in [0.29, 0.717) is 13.1 Å². The average Bonchev–Trinajstić information content (AvgIpc) is 3.40. The van der Waals surface area contributed by atoms with E-state index in [4.69, 9.17) is 4.74 Å². The van der Waals surface area contributed by atoms with Crippen LogP contribution >= 0.6 is 22.7 Å². The molecule has 0 atom stereocenters. The molecule has 0 bridgehead atoms. The number of fused-ring (bicyclic) bond motifs is 1. The van der Waals surface area contributed by atoms with E-state index < -0.39 is 0 Å². The predicted molar refractivity (Wildman–Crippen MR) is 107 cm³/mol. The van der Waals surface area contributed by atoms with Gasteiger partial charge in [0.25, 0.3) is 5.91 Å². The molecule has 0 saturated carbocycles. The van der Waals surface area contributed by atoms with Crippen LogP contribution in [0.15, 0.2) is 53.2 Å². The lowest BCUT2D eigenvalue weighted by Crippen LogP contribution is -2.33. The molecule has 2 aromatic heterocycles. The van der Waals surface area contributed by atoms with Crippen LogP contribution in [0.5, 0.6) is 5.75 Å². The summed E-state index contributed by atoms with van der Waals surface area (Å²) in [5, 5.41) is 4.09. The molecule has 0 aliphatic heterocycles. The number of thiophene rings is 2. The SMILES string of the molecule is O=C(COc1ccc2c(c1)CCC2)N(Cc1cccs1)Cc1cccs1. The summed E-state index contributed by atoms with van der Waals surface area (Å²) in [4.78, 5) is 17.1. The zero-order valence-electron chi connectivity index (χ0n) is 14.5. The van der Waals surface area contributed by atoms with Crippen LogP contribution < -0.4 is 4.74 Å². The van der Waals surface area contributed by atoms with Crippen LogP contribution in [0.25, 0.3) is 0 Å². The first-order valence-electron chi connectivity index (χ1n) is 8.85. The van der Waals surface area contributed by atoms with E-state index in [2.05, 4.69) is 24.3 Å². The Hall–Kier alpha value is -2.11. The molecule has 1 aliphatic rings. The molecule has 0 N–H and O–H groups in total. The maximum Gasteiger partial charge on any atom is 0.261 e. The van der Waals surface area contributed by atoms with Gasteiger partial charge in [0.1, 0.15) is 5.75 Å². The topological polar surface area (TPSA) is 29.5 Å². The van der Waals surface area contributed by atoms with Crippen molar-refractivity contribution < 1.29 is 9.53 Å². The van der Waals surface area contributed by atoms with E-state index in [1.165, 1.54) is 27.3 Å². The lowest BCUT2D eigenvalue weighted by molar-refractivity contribution is -0.134. The number of nitrogens with zero attached hydrogens (tertiary/aromatic N) is 1. The average molecular weight is 384 g/mol. The van der Waals surface area contributed by atoms with E-state index in [0.717, 1.165) is 18.6 Å². The number of hydrogen-bond acceptors (Lipinski definition) is 4. The van der Waals surface area contributed by atoms with Crippen LogP contribution in [0.4, 0.5) is 0 Å². The first-order valence-corrected chi connectivity index (χ1v) is 10.6. The fourth-order valence-electron chi connectivity index (χ4n) is 3.29. The zero-order chi connectivity index (χ0) is 17.8. The summed E-state index contributed by atoms with van der Waals surface area (Å²) in [6.45, 7) is 1.33. The molecule has 0 fully saturated rings. The second kappa shape index (κ2) is 8.06. The van der Waals surface area contributed by atoms with Crippen molar-refractivity contribution in [2.75, 3.05) is 6.61 Å². The van der Waals surface area contributed by atoms with Gasteiger partial charge in [-0.3, -0.25) is 4.79 Å². The monoisotopic (exact) mass is 383 g/mol. The number of hydrogen-bond donors (Lipinski definition) is 0. The summed E-state index contributed by atoms with van der Waals surface area (Å²) >= 11 is 3.36. The van der Waals surface area contributed by atoms with Crippen molar-refractivity contribution in [2.45, 2.75) is 32.4 Å². The minimum absolute atomic E-state index is 0.0206. The van der Waals surface area contributed by atoms with E-state index >= 15 is 0 Å². The second-order valence-corrected chi connectivity index (χ2v) is 8.55. The predicted octanol–water partition coefficient (Wildman–Crippen LogP) is 4.91. The summed E-state index contributed by atoms with van der Waals surface area (Å²) in [5.41, 5.74) is 2.78. The van der Waals surface area contributed by atoms with Gasteiger partial charge in [-0.05, 0) is 65.4 Å². The molecule has 3 aromatic rings. The number of aryl methyl sites for hydroxylation is 2. The summed E-state index contributed by atoms with van der Waals surface area (Å²) in [6.07, 6.45) is 3.49. The van der Waals surface area contributed by atoms with Crippen molar-refractivity contribution in [3.05, 3.63) is 74.1 Å². The molecule has 4 rings (SSSR count). The van der Waals surface area contributed by atoms with Crippen LogP contribution in [0.3, 0.4) is 0 Å². The van der Waals surface area contributed by atoms with E-state index in [9.17, 15) is 4.79 Å². The van der Waals surface area contributed by atoms with Gasteiger partial charge in [0, 0.05) is 9.75 Å². The highest BCUT2D eigenvalue weighted by atomic mass is 32.1. The number of rotatable bonds is 7. The Kier molecular flexibility index (Phi) is 5.37. The molecule has 1 aromatic carbocycles. The van der Waals surface area contributed by atoms with Gasteiger partial charge in [0.2, 0.25) is 0 Å². The highest BCUT2D eigenvalue weighted by Gasteiger charge is 2.17. The highest BCUT2D eigenvalue weighted by molar-refractivity contribution is 7.10. The van der Waals surface area contributed by atoms with E-state index in [1.54, 1.807) is 22.7 Å². The molecule has 26 heavy (non-hydrogen) atoms. The van der Waals surface area contributed by atoms with Gasteiger partial charge in [-0.15, -0.1) is 22.7 Å². The fourth-order valence-corrected chi connectivity index (χ4v) is 4.73. The Bertz CT molecular complexity index is 820. The Morgan fingerprint density at radius 3 is 2.31 bits per heavy atom. The third kappa shape index (κ3) is 4.17. The number of carbonyl (C=O) groups excluding carboxylic acids is 1. The second-order valence-electron chi connectivity index (χ2n) is 6.48. The van der Waals surface area contributed by atoms with Crippen molar-refractivity contribution >= 4 is 28.6 Å². The maximum atomic E-state index is 12.8. The van der Waals surface area contributed by atoms with Crippen molar-refractivity contribution in [1.29, 1.82) is 0 Å². The van der Waals surface area contributed by atoms with Crippen LogP contribution in [0, 0.1) is 0 Å². The van der Waals surface area contributed by atoms with Gasteiger partial charge in [0.15, 0.2) is 6.61 Å². The van der Waals surface area contributed by atoms with Crippen molar-refractivity contribution in [3.8, 4) is 5.75 Å². The van der Waals surface area contributed by atoms with Crippen LogP contribution in [0.2, 0.25) is 0 Å². The summed E-state index contributed by atoms with van der Waals surface area (Å²) in [7, 11) is 0. The molecule has 5 heteroatoms. The minimum atomic E-state index is 0.0206. The van der Waals surface area contributed by atoms with Gasteiger partial charge < -0.3 is 9.64 Å². The lowest BCUT2D eigenvalue weighted by atomic mass is 10.1. The number of amides is 1. The zero-order valence-corrected chi connectivity index (χ0v) is 16.2. The molecule has 1 amide bonds. The summed E-state index contributed by atoms with van der Waals surface area (Å²) in [6, 6.07) is 14.4. The maximum absolute atomic E-state index is 12.8. The largest absolute Gasteiger partial charge is 0.484 e. The van der Waals surface area contributed by atoms with Crippen molar-refractivity contribution in [3.63, 3.8) is 0 Å². The van der Waals surface area contributed by atoms with Crippen LogP contribution in [-0.2, 0) is 30.7 Å². The summed E-state index contributed by atoms with van der Waals surface area (Å²) < 4.78 is 5.83. The van der Waals surface area contributed by atoms with E-state index in [-0.39, 0.29) is 12.5 Å². The van der Waals surface area contributed by atoms with E-state index in [1.807, 2.05) is 33.9 Å². The molecular weight excluding hydrogens is 362 g/mol. The summed E-state index contributed by atoms with van der Waals surface area (Å²) in [5.74, 6) is 0.818. The molecular formula is C21H21NO2S2. The first-order chi connectivity index (χ1) is 12.8. The normalized spacial score (nSPS) is 12.8. The Labute approximate surface area is 161 Å². The standard InChI is InChI=1S/C21H21NO2S2/c23-21(15-24-18-9-8-16-4-1-5-17(16)12-18)22(13-19-6-2-10-25-19)14-20-7-3-11-26-20/h2-3,6-12H,1,4-5,13-15H2. The molecule has 134 valence electrons. The third-order valence-corrected chi connectivity index (χ3v) is 6.36. The van der Waals surface area contributed by atoms with Crippen LogP contribution in [-0.4, -0.2) is 17.4 Å². The fraction of sp³-hybridized carbons (Fsp3) is 0.286. The quantitative estimate of drug-likeness (QED) is 0.580. The van der Waals surface area contributed by atoms with Gasteiger partial charge in [-0.25, -0.2) is 0 Å². The number of carbonyl (C=O) groups is 1. The Balaban J connectivity index is 1.41. The number of benzene rings is 1. The Morgan fingerprint density at radius 1 is 0.962 bits per heavy atom. The number of ether oxygens (including phenoxy) is 1. The molecule has 3 nitrogen and oxygen atoms in total. The molecule has 2 heterocycles. The smallest absolute Gasteiger partial charge is 0.261 e. The molecule has 1 aliphatic carbocycles. The minimum Gasteiger partial charge on any atom is -0.484 e. The Morgan fingerprint density at radius 2 is 1.65 bits per heavy atom. The molecule has 0 unspecified atom stereocenters. The molecule has 0 radical (unpaired) electrons. The van der Waals surface area contributed by atoms with Gasteiger partial charge in [0.05, 0.1) is 13.1 Å². The van der Waals surface area contributed by atoms with Gasteiger partial charge in [-0.2, -0.15) is 0 Å². The molecule has 0 saturated heterocycles. The lowest BCUT2D eigenvalue weighted by Gasteiger charge is -2.22. The van der Waals surface area contributed by atoms with Crippen molar-refractivity contribution in [2.24, 2.45) is 0 Å². The van der Waals surface area contributed by atoms with Crippen LogP contribution in [0.1, 0.15) is 27.3 Å². The van der Waals surface area contributed by atoms with Gasteiger partial charge in [-0.1, -0.05) is 18.2 Å². The third-order valence-electron chi connectivity index (χ3n) is 4.64. The van der Waals surface area contributed by atoms with Crippen molar-refractivity contribution in [1.82, 2.24) is 4.90 Å². The molecule has 0 spiro atoms. The first kappa shape index (κ1) is 17.3.